The van der Waals surface area contributed by atoms with Crippen LogP contribution in [0.4, 0.5) is 8.78 Å². The lowest BCUT2D eigenvalue weighted by molar-refractivity contribution is -0.131. The molecule has 0 aliphatic heterocycles. The fraction of sp³-hybridized carbons (Fsp3) is 0.562. The SMILES string of the molecule is CCn1cc(Cl)c(CN(C)C(=O)Cn2nc(C(F)F)cc2C2CC2)n1. The van der Waals surface area contributed by atoms with E-state index in [0.29, 0.717) is 23.0 Å². The fourth-order valence-corrected chi connectivity index (χ4v) is 2.87. The highest BCUT2D eigenvalue weighted by atomic mass is 35.5. The summed E-state index contributed by atoms with van der Waals surface area (Å²) in [5.41, 5.74) is 1.04. The molecule has 0 spiro atoms. The van der Waals surface area contributed by atoms with Gasteiger partial charge in [0, 0.05) is 31.4 Å². The summed E-state index contributed by atoms with van der Waals surface area (Å²) < 4.78 is 28.9. The molecule has 2 aromatic heterocycles. The second-order valence-corrected chi connectivity index (χ2v) is 6.66. The van der Waals surface area contributed by atoms with E-state index < -0.39 is 6.43 Å². The third kappa shape index (κ3) is 4.00. The zero-order chi connectivity index (χ0) is 18.1. The molecule has 0 atom stereocenters. The van der Waals surface area contributed by atoms with Gasteiger partial charge in [0.05, 0.1) is 11.6 Å². The van der Waals surface area contributed by atoms with Crippen LogP contribution in [-0.2, 0) is 24.4 Å². The van der Waals surface area contributed by atoms with Gasteiger partial charge >= 0.3 is 0 Å². The molecule has 1 saturated carbocycles. The maximum absolute atomic E-state index is 12.9. The highest BCUT2D eigenvalue weighted by Crippen LogP contribution is 2.41. The monoisotopic (exact) mass is 371 g/mol. The molecule has 25 heavy (non-hydrogen) atoms. The van der Waals surface area contributed by atoms with Gasteiger partial charge in [0.25, 0.3) is 6.43 Å². The first-order valence-electron chi connectivity index (χ1n) is 8.20. The average Bonchev–Trinajstić information content (AvgIpc) is 3.23. The Kier molecular flexibility index (Phi) is 5.08. The van der Waals surface area contributed by atoms with Crippen LogP contribution in [0.1, 0.15) is 49.2 Å². The van der Waals surface area contributed by atoms with Gasteiger partial charge in [0.15, 0.2) is 0 Å². The Morgan fingerprint density at radius 1 is 1.44 bits per heavy atom. The van der Waals surface area contributed by atoms with Gasteiger partial charge < -0.3 is 4.90 Å². The van der Waals surface area contributed by atoms with Gasteiger partial charge in [-0.1, -0.05) is 11.6 Å². The highest BCUT2D eigenvalue weighted by molar-refractivity contribution is 6.31. The molecule has 1 aliphatic carbocycles. The van der Waals surface area contributed by atoms with Crippen molar-refractivity contribution in [1.29, 1.82) is 0 Å². The number of hydrogen-bond acceptors (Lipinski definition) is 3. The van der Waals surface area contributed by atoms with Crippen LogP contribution in [0.5, 0.6) is 0 Å². The van der Waals surface area contributed by atoms with Gasteiger partial charge in [0.2, 0.25) is 5.91 Å². The summed E-state index contributed by atoms with van der Waals surface area (Å²) in [5.74, 6) is 0.000680. The second kappa shape index (κ2) is 7.11. The summed E-state index contributed by atoms with van der Waals surface area (Å²) in [7, 11) is 1.64. The Balaban J connectivity index is 1.70. The van der Waals surface area contributed by atoms with Crippen molar-refractivity contribution in [2.24, 2.45) is 0 Å². The molecular formula is C16H20ClF2N5O. The lowest BCUT2D eigenvalue weighted by atomic mass is 10.2. The van der Waals surface area contributed by atoms with Crippen LogP contribution in [0.3, 0.4) is 0 Å². The van der Waals surface area contributed by atoms with Gasteiger partial charge in [-0.25, -0.2) is 8.78 Å². The molecule has 136 valence electrons. The lowest BCUT2D eigenvalue weighted by Gasteiger charge is -2.17. The van der Waals surface area contributed by atoms with Crippen molar-refractivity contribution in [2.75, 3.05) is 7.05 Å². The lowest BCUT2D eigenvalue weighted by Crippen LogP contribution is -2.31. The number of hydrogen-bond donors (Lipinski definition) is 0. The Morgan fingerprint density at radius 2 is 2.16 bits per heavy atom. The Labute approximate surface area is 149 Å². The van der Waals surface area contributed by atoms with Crippen molar-refractivity contribution in [3.05, 3.63) is 34.4 Å². The van der Waals surface area contributed by atoms with Crippen molar-refractivity contribution in [3.63, 3.8) is 0 Å². The van der Waals surface area contributed by atoms with Gasteiger partial charge in [-0.05, 0) is 25.8 Å². The third-order valence-corrected chi connectivity index (χ3v) is 4.57. The van der Waals surface area contributed by atoms with E-state index in [1.165, 1.54) is 15.6 Å². The van der Waals surface area contributed by atoms with Crippen molar-refractivity contribution < 1.29 is 13.6 Å². The molecule has 1 aliphatic rings. The number of nitrogens with zero attached hydrogens (tertiary/aromatic N) is 5. The van der Waals surface area contributed by atoms with Gasteiger partial charge in [0.1, 0.15) is 17.9 Å². The van der Waals surface area contributed by atoms with Gasteiger partial charge in [-0.15, -0.1) is 0 Å². The van der Waals surface area contributed by atoms with E-state index in [0.717, 1.165) is 12.8 Å². The predicted octanol–water partition coefficient (Wildman–Crippen LogP) is 3.23. The molecule has 0 saturated heterocycles. The zero-order valence-electron chi connectivity index (χ0n) is 14.1. The third-order valence-electron chi connectivity index (χ3n) is 4.26. The number of amides is 1. The summed E-state index contributed by atoms with van der Waals surface area (Å²) in [6.45, 7) is 2.82. The van der Waals surface area contributed by atoms with Gasteiger partial charge in [-0.3, -0.25) is 14.2 Å². The summed E-state index contributed by atoms with van der Waals surface area (Å²) in [6.07, 6.45) is 0.969. The van der Waals surface area contributed by atoms with E-state index in [9.17, 15) is 13.6 Å². The van der Waals surface area contributed by atoms with E-state index in [2.05, 4.69) is 10.2 Å². The first kappa shape index (κ1) is 17.8. The largest absolute Gasteiger partial charge is 0.338 e. The summed E-state index contributed by atoms with van der Waals surface area (Å²) in [6, 6.07) is 1.41. The number of rotatable bonds is 7. The van der Waals surface area contributed by atoms with Crippen molar-refractivity contribution in [1.82, 2.24) is 24.5 Å². The molecule has 0 N–H and O–H groups in total. The Hall–Kier alpha value is -1.96. The minimum Gasteiger partial charge on any atom is -0.338 e. The first-order chi connectivity index (χ1) is 11.9. The molecule has 1 amide bonds. The number of alkyl halides is 2. The van der Waals surface area contributed by atoms with Crippen LogP contribution < -0.4 is 0 Å². The van der Waals surface area contributed by atoms with E-state index in [4.69, 9.17) is 11.6 Å². The molecule has 0 unspecified atom stereocenters. The summed E-state index contributed by atoms with van der Waals surface area (Å²) >= 11 is 6.12. The van der Waals surface area contributed by atoms with E-state index in [1.807, 2.05) is 6.92 Å². The fourth-order valence-electron chi connectivity index (χ4n) is 2.66. The molecule has 3 rings (SSSR count). The van der Waals surface area contributed by atoms with Crippen molar-refractivity contribution >= 4 is 17.5 Å². The van der Waals surface area contributed by atoms with Crippen LogP contribution in [0.25, 0.3) is 0 Å². The second-order valence-electron chi connectivity index (χ2n) is 6.26. The zero-order valence-corrected chi connectivity index (χ0v) is 14.9. The number of aromatic nitrogens is 4. The highest BCUT2D eigenvalue weighted by Gasteiger charge is 2.30. The molecule has 2 aromatic rings. The number of carbonyl (C=O) groups is 1. The first-order valence-corrected chi connectivity index (χ1v) is 8.58. The molecule has 1 fully saturated rings. The van der Waals surface area contributed by atoms with Crippen LogP contribution in [0, 0.1) is 0 Å². The van der Waals surface area contributed by atoms with Crippen molar-refractivity contribution in [3.8, 4) is 0 Å². The van der Waals surface area contributed by atoms with Gasteiger partial charge in [-0.2, -0.15) is 10.2 Å². The van der Waals surface area contributed by atoms with Crippen LogP contribution in [0.2, 0.25) is 5.02 Å². The smallest absolute Gasteiger partial charge is 0.282 e. The number of halogens is 3. The predicted molar refractivity (Wildman–Crippen MR) is 88.5 cm³/mol. The topological polar surface area (TPSA) is 56.0 Å². The molecule has 9 heteroatoms. The Bertz CT molecular complexity index is 769. The summed E-state index contributed by atoms with van der Waals surface area (Å²) in [5, 5.41) is 8.72. The quantitative estimate of drug-likeness (QED) is 0.750. The summed E-state index contributed by atoms with van der Waals surface area (Å²) in [4.78, 5) is 14.0. The molecule has 2 heterocycles. The maximum Gasteiger partial charge on any atom is 0.282 e. The maximum atomic E-state index is 12.9. The van der Waals surface area contributed by atoms with Crippen LogP contribution in [-0.4, -0.2) is 37.4 Å². The van der Waals surface area contributed by atoms with Crippen molar-refractivity contribution in [2.45, 2.75) is 51.7 Å². The normalized spacial score (nSPS) is 14.3. The van der Waals surface area contributed by atoms with E-state index >= 15 is 0 Å². The standard InChI is InChI=1S/C16H20ClF2N5O/c1-3-23-7-11(17)13(20-23)8-22(2)15(25)9-24-14(10-4-5-10)6-12(21-24)16(18)19/h6-7,10,16H,3-5,8-9H2,1-2H3. The molecule has 0 bridgehead atoms. The molecule has 6 nitrogen and oxygen atoms in total. The molecule has 0 aromatic carbocycles. The molecule has 0 radical (unpaired) electrons. The average molecular weight is 372 g/mol. The van der Waals surface area contributed by atoms with E-state index in [1.54, 1.807) is 17.9 Å². The van der Waals surface area contributed by atoms with E-state index in [-0.39, 0.29) is 30.6 Å². The number of aryl methyl sites for hydroxylation is 1. The van der Waals surface area contributed by atoms with Crippen LogP contribution >= 0.6 is 11.6 Å². The minimum atomic E-state index is -2.64. The van der Waals surface area contributed by atoms with Crippen LogP contribution in [0.15, 0.2) is 12.3 Å². The Morgan fingerprint density at radius 3 is 2.72 bits per heavy atom. The number of carbonyl (C=O) groups excluding carboxylic acids is 1. The number of likely N-dealkylation sites (N-methyl/N-ethyl adjacent to an activating group) is 1. The minimum absolute atomic E-state index is 0.0683. The molecular weight excluding hydrogens is 352 g/mol.